The van der Waals surface area contributed by atoms with E-state index < -0.39 is 15.9 Å². The van der Waals surface area contributed by atoms with Crippen molar-refractivity contribution in [2.75, 3.05) is 46.3 Å². The van der Waals surface area contributed by atoms with Crippen LogP contribution in [0, 0.1) is 0 Å². The molecule has 1 aromatic heterocycles. The number of furan rings is 1. The molecule has 9 heteroatoms. The fourth-order valence-corrected chi connectivity index (χ4v) is 2.68. The zero-order valence-corrected chi connectivity index (χ0v) is 12.7. The van der Waals surface area contributed by atoms with Gasteiger partial charge in [-0.15, -0.1) is 0 Å². The highest BCUT2D eigenvalue weighted by atomic mass is 32.2. The average molecular weight is 316 g/mol. The van der Waals surface area contributed by atoms with Gasteiger partial charge in [0, 0.05) is 39.3 Å². The Kier molecular flexibility index (Phi) is 5.34. The van der Waals surface area contributed by atoms with E-state index >= 15 is 0 Å². The summed E-state index contributed by atoms with van der Waals surface area (Å²) in [5, 5.41) is 5.71. The van der Waals surface area contributed by atoms with Gasteiger partial charge in [-0.1, -0.05) is 0 Å². The largest absolute Gasteiger partial charge is 0.438 e. The molecule has 1 aliphatic heterocycles. The first-order valence-corrected chi connectivity index (χ1v) is 8.26. The summed E-state index contributed by atoms with van der Waals surface area (Å²) in [6.07, 6.45) is 0. The first-order chi connectivity index (χ1) is 10.0. The Morgan fingerprint density at radius 1 is 1.38 bits per heavy atom. The molecule has 21 heavy (non-hydrogen) atoms. The molecule has 0 saturated carbocycles. The van der Waals surface area contributed by atoms with Gasteiger partial charge in [-0.2, -0.15) is 0 Å². The number of hydrogen-bond acceptors (Lipinski definition) is 6. The van der Waals surface area contributed by atoms with Crippen molar-refractivity contribution in [1.82, 2.24) is 20.3 Å². The fraction of sp³-hybridized carbons (Fsp3) is 0.583. The fourth-order valence-electron chi connectivity index (χ4n) is 2.04. The highest BCUT2D eigenvalue weighted by Crippen LogP contribution is 2.13. The molecular weight excluding hydrogens is 296 g/mol. The van der Waals surface area contributed by atoms with Crippen molar-refractivity contribution in [2.45, 2.75) is 5.09 Å². The average Bonchev–Trinajstić information content (AvgIpc) is 2.99. The van der Waals surface area contributed by atoms with Crippen molar-refractivity contribution in [2.24, 2.45) is 0 Å². The second kappa shape index (κ2) is 7.03. The number of hydrogen-bond donors (Lipinski definition) is 3. The Labute approximate surface area is 123 Å². The molecule has 2 heterocycles. The number of carbonyl (C=O) groups is 1. The number of nitrogens with zero attached hydrogens (tertiary/aromatic N) is 1. The third-order valence-electron chi connectivity index (χ3n) is 3.26. The number of carbonyl (C=O) groups excluding carboxylic acids is 1. The van der Waals surface area contributed by atoms with Gasteiger partial charge < -0.3 is 15.1 Å². The summed E-state index contributed by atoms with van der Waals surface area (Å²) in [5.74, 6) is -0.424. The van der Waals surface area contributed by atoms with Gasteiger partial charge in [0.25, 0.3) is 15.9 Å². The topological polar surface area (TPSA) is 104 Å². The van der Waals surface area contributed by atoms with E-state index in [1.807, 2.05) is 0 Å². The number of sulfonamides is 1. The Morgan fingerprint density at radius 2 is 2.10 bits per heavy atom. The molecular formula is C12H20N4O4S. The van der Waals surface area contributed by atoms with Gasteiger partial charge in [0.05, 0.1) is 0 Å². The van der Waals surface area contributed by atoms with Gasteiger partial charge in [0.2, 0.25) is 5.09 Å². The Balaban J connectivity index is 1.83. The van der Waals surface area contributed by atoms with Crippen LogP contribution in [0.25, 0.3) is 0 Å². The predicted molar refractivity (Wildman–Crippen MR) is 76.6 cm³/mol. The Hall–Kier alpha value is -1.42. The second-order valence-electron chi connectivity index (χ2n) is 4.67. The minimum atomic E-state index is -3.66. The van der Waals surface area contributed by atoms with Crippen molar-refractivity contribution >= 4 is 15.9 Å². The van der Waals surface area contributed by atoms with Crippen LogP contribution in [0.3, 0.4) is 0 Å². The molecule has 0 bridgehead atoms. The van der Waals surface area contributed by atoms with Crippen molar-refractivity contribution in [1.29, 1.82) is 0 Å². The van der Waals surface area contributed by atoms with Crippen LogP contribution in [0.4, 0.5) is 0 Å². The van der Waals surface area contributed by atoms with E-state index in [-0.39, 0.29) is 10.9 Å². The zero-order chi connectivity index (χ0) is 15.3. The van der Waals surface area contributed by atoms with Crippen LogP contribution in [0.5, 0.6) is 0 Å². The van der Waals surface area contributed by atoms with Crippen molar-refractivity contribution in [3.8, 4) is 0 Å². The molecule has 0 atom stereocenters. The van der Waals surface area contributed by atoms with Crippen molar-refractivity contribution in [3.05, 3.63) is 17.9 Å². The van der Waals surface area contributed by atoms with Crippen LogP contribution in [-0.2, 0) is 10.0 Å². The number of piperazine rings is 1. The number of amides is 1. The number of nitrogens with one attached hydrogen (secondary N) is 3. The minimum Gasteiger partial charge on any atom is -0.438 e. The summed E-state index contributed by atoms with van der Waals surface area (Å²) in [5.41, 5.74) is 0. The zero-order valence-electron chi connectivity index (χ0n) is 11.9. The molecule has 1 aromatic rings. The predicted octanol–water partition coefficient (Wildman–Crippen LogP) is -1.18. The molecule has 0 aromatic carbocycles. The molecule has 118 valence electrons. The summed E-state index contributed by atoms with van der Waals surface area (Å²) in [7, 11) is -2.38. The van der Waals surface area contributed by atoms with Crippen LogP contribution in [0.15, 0.2) is 21.6 Å². The number of rotatable bonds is 6. The van der Waals surface area contributed by atoms with Crippen LogP contribution in [0.1, 0.15) is 10.6 Å². The summed E-state index contributed by atoms with van der Waals surface area (Å²) >= 11 is 0. The van der Waals surface area contributed by atoms with Crippen LogP contribution < -0.4 is 15.4 Å². The lowest BCUT2D eigenvalue weighted by molar-refractivity contribution is 0.0914. The van der Waals surface area contributed by atoms with Crippen LogP contribution in [-0.4, -0.2) is 65.5 Å². The van der Waals surface area contributed by atoms with Gasteiger partial charge in [-0.25, -0.2) is 13.1 Å². The van der Waals surface area contributed by atoms with Crippen molar-refractivity contribution in [3.63, 3.8) is 0 Å². The van der Waals surface area contributed by atoms with Gasteiger partial charge in [-0.05, 0) is 19.2 Å². The smallest absolute Gasteiger partial charge is 0.287 e. The van der Waals surface area contributed by atoms with E-state index in [0.29, 0.717) is 6.54 Å². The lowest BCUT2D eigenvalue weighted by Gasteiger charge is -2.26. The third-order valence-corrected chi connectivity index (χ3v) is 4.55. The molecule has 2 rings (SSSR count). The van der Waals surface area contributed by atoms with Crippen molar-refractivity contribution < 1.29 is 17.6 Å². The molecule has 0 spiro atoms. The van der Waals surface area contributed by atoms with Crippen LogP contribution >= 0.6 is 0 Å². The lowest BCUT2D eigenvalue weighted by atomic mass is 10.3. The van der Waals surface area contributed by atoms with E-state index in [0.717, 1.165) is 32.7 Å². The maximum Gasteiger partial charge on any atom is 0.287 e. The van der Waals surface area contributed by atoms with Gasteiger partial charge in [0.1, 0.15) is 0 Å². The molecule has 1 amide bonds. The summed E-state index contributed by atoms with van der Waals surface area (Å²) in [4.78, 5) is 14.1. The van der Waals surface area contributed by atoms with E-state index in [1.165, 1.54) is 19.2 Å². The van der Waals surface area contributed by atoms with Gasteiger partial charge in [-0.3, -0.25) is 9.69 Å². The molecule has 8 nitrogen and oxygen atoms in total. The maximum atomic E-state index is 11.9. The first-order valence-electron chi connectivity index (χ1n) is 6.77. The molecule has 1 fully saturated rings. The highest BCUT2D eigenvalue weighted by molar-refractivity contribution is 7.89. The normalized spacial score (nSPS) is 16.8. The molecule has 0 unspecified atom stereocenters. The van der Waals surface area contributed by atoms with E-state index in [2.05, 4.69) is 20.3 Å². The quantitative estimate of drug-likeness (QED) is 0.610. The van der Waals surface area contributed by atoms with Gasteiger partial charge in [0.15, 0.2) is 5.76 Å². The standard InChI is InChI=1S/C12H20N4O4S/c1-13-21(18,19)11-3-2-10(20-11)12(17)15-6-9-16-7-4-14-5-8-16/h2-3,13-14H,4-9H2,1H3,(H,15,17). The van der Waals surface area contributed by atoms with E-state index in [1.54, 1.807) is 0 Å². The molecule has 3 N–H and O–H groups in total. The SMILES string of the molecule is CNS(=O)(=O)c1ccc(C(=O)NCCN2CCNCC2)o1. The minimum absolute atomic E-state index is 0.0101. The Morgan fingerprint density at radius 3 is 2.76 bits per heavy atom. The molecule has 1 saturated heterocycles. The van der Waals surface area contributed by atoms with Gasteiger partial charge >= 0.3 is 0 Å². The van der Waals surface area contributed by atoms with E-state index in [9.17, 15) is 13.2 Å². The highest BCUT2D eigenvalue weighted by Gasteiger charge is 2.19. The first kappa shape index (κ1) is 16.0. The molecule has 1 aliphatic rings. The summed E-state index contributed by atoms with van der Waals surface area (Å²) in [6.45, 7) is 5.08. The van der Waals surface area contributed by atoms with E-state index in [4.69, 9.17) is 4.42 Å². The summed E-state index contributed by atoms with van der Waals surface area (Å²) in [6, 6.07) is 2.61. The Bertz CT molecular complexity index is 578. The van der Waals surface area contributed by atoms with Crippen LogP contribution in [0.2, 0.25) is 0 Å². The second-order valence-corrected chi connectivity index (χ2v) is 6.49. The maximum absolute atomic E-state index is 11.9. The summed E-state index contributed by atoms with van der Waals surface area (Å²) < 4.78 is 30.2. The molecule has 0 radical (unpaired) electrons. The lowest BCUT2D eigenvalue weighted by Crippen LogP contribution is -2.46. The third kappa shape index (κ3) is 4.27. The monoisotopic (exact) mass is 316 g/mol. The molecule has 0 aliphatic carbocycles.